The zero-order chi connectivity index (χ0) is 13.7. The van der Waals surface area contributed by atoms with Gasteiger partial charge in [-0.1, -0.05) is 26.0 Å². The molecule has 1 rings (SSSR count). The highest BCUT2D eigenvalue weighted by molar-refractivity contribution is 5.94. The van der Waals surface area contributed by atoms with Crippen LogP contribution in [-0.4, -0.2) is 26.5 Å². The predicted molar refractivity (Wildman–Crippen MR) is 76.8 cm³/mol. The molecule has 3 heteroatoms. The highest BCUT2D eigenvalue weighted by atomic mass is 16.2. The van der Waals surface area contributed by atoms with Crippen molar-refractivity contribution in [1.29, 1.82) is 0 Å². The number of nitrogens with one attached hydrogen (secondary N) is 1. The summed E-state index contributed by atoms with van der Waals surface area (Å²) in [5.74, 6) is 0.516. The fourth-order valence-electron chi connectivity index (χ4n) is 2.04. The van der Waals surface area contributed by atoms with Crippen molar-refractivity contribution < 1.29 is 4.79 Å². The minimum absolute atomic E-state index is 0.0144. The summed E-state index contributed by atoms with van der Waals surface area (Å²) in [5, 5.41) is 3.10. The first-order valence-electron chi connectivity index (χ1n) is 6.46. The number of anilines is 1. The Kier molecular flexibility index (Phi) is 5.35. The third-order valence-electron chi connectivity index (χ3n) is 3.27. The lowest BCUT2D eigenvalue weighted by atomic mass is 9.94. The van der Waals surface area contributed by atoms with Crippen LogP contribution in [0.1, 0.15) is 19.4 Å². The monoisotopic (exact) mass is 248 g/mol. The van der Waals surface area contributed by atoms with Crippen LogP contribution in [-0.2, 0) is 4.79 Å². The van der Waals surface area contributed by atoms with E-state index in [0.29, 0.717) is 12.5 Å². The van der Waals surface area contributed by atoms with Gasteiger partial charge >= 0.3 is 0 Å². The number of amides is 1. The molecule has 0 aliphatic carbocycles. The summed E-state index contributed by atoms with van der Waals surface area (Å²) in [6.45, 7) is 6.93. The van der Waals surface area contributed by atoms with Crippen LogP contribution in [0.5, 0.6) is 0 Å². The van der Waals surface area contributed by atoms with E-state index in [9.17, 15) is 4.79 Å². The molecule has 1 amide bonds. The Bertz CT molecular complexity index is 401. The maximum absolute atomic E-state index is 12.5. The Hall–Kier alpha value is -1.35. The average Bonchev–Trinajstić information content (AvgIpc) is 2.33. The summed E-state index contributed by atoms with van der Waals surface area (Å²) in [6.07, 6.45) is 0. The van der Waals surface area contributed by atoms with E-state index in [1.165, 1.54) is 5.56 Å². The van der Waals surface area contributed by atoms with Crippen molar-refractivity contribution in [3.05, 3.63) is 29.8 Å². The van der Waals surface area contributed by atoms with E-state index in [0.717, 1.165) is 5.69 Å². The molecular formula is C15H24N2O. The lowest BCUT2D eigenvalue weighted by Gasteiger charge is -2.26. The van der Waals surface area contributed by atoms with Crippen molar-refractivity contribution in [2.75, 3.05) is 25.5 Å². The van der Waals surface area contributed by atoms with Crippen molar-refractivity contribution in [3.63, 3.8) is 0 Å². The van der Waals surface area contributed by atoms with Gasteiger partial charge in [-0.2, -0.15) is 0 Å². The second kappa shape index (κ2) is 6.55. The zero-order valence-corrected chi connectivity index (χ0v) is 12.0. The van der Waals surface area contributed by atoms with Gasteiger partial charge in [-0.05, 0) is 37.6 Å². The Morgan fingerprint density at radius 2 is 2.06 bits per heavy atom. The summed E-state index contributed by atoms with van der Waals surface area (Å²) in [5.41, 5.74) is 2.13. The first kappa shape index (κ1) is 14.7. The van der Waals surface area contributed by atoms with Gasteiger partial charge < -0.3 is 10.2 Å². The zero-order valence-electron chi connectivity index (χ0n) is 12.0. The topological polar surface area (TPSA) is 32.3 Å². The Balaban J connectivity index is 2.88. The summed E-state index contributed by atoms with van der Waals surface area (Å²) in [4.78, 5) is 14.2. The third kappa shape index (κ3) is 3.57. The van der Waals surface area contributed by atoms with E-state index >= 15 is 0 Å². The number of carbonyl (C=O) groups is 1. The molecule has 100 valence electrons. The van der Waals surface area contributed by atoms with Gasteiger partial charge in [0.15, 0.2) is 0 Å². The van der Waals surface area contributed by atoms with Crippen LogP contribution in [0.4, 0.5) is 5.69 Å². The van der Waals surface area contributed by atoms with Gasteiger partial charge in [0.05, 0.1) is 5.92 Å². The van der Waals surface area contributed by atoms with Crippen LogP contribution in [0.3, 0.4) is 0 Å². The molecule has 1 aromatic carbocycles. The second-order valence-electron chi connectivity index (χ2n) is 5.14. The van der Waals surface area contributed by atoms with Gasteiger partial charge in [0.2, 0.25) is 5.91 Å². The maximum atomic E-state index is 12.5. The van der Waals surface area contributed by atoms with Crippen molar-refractivity contribution >= 4 is 11.6 Å². The van der Waals surface area contributed by atoms with Gasteiger partial charge in [0.1, 0.15) is 0 Å². The molecule has 1 unspecified atom stereocenters. The van der Waals surface area contributed by atoms with Crippen molar-refractivity contribution in [3.8, 4) is 0 Å². The van der Waals surface area contributed by atoms with E-state index in [1.807, 2.05) is 45.3 Å². The molecule has 0 radical (unpaired) electrons. The molecule has 18 heavy (non-hydrogen) atoms. The average molecular weight is 248 g/mol. The number of hydrogen-bond acceptors (Lipinski definition) is 2. The fourth-order valence-corrected chi connectivity index (χ4v) is 2.04. The lowest BCUT2D eigenvalue weighted by Crippen LogP contribution is -2.40. The number of aryl methyl sites for hydroxylation is 1. The first-order chi connectivity index (χ1) is 8.47. The number of nitrogens with zero attached hydrogens (tertiary/aromatic N) is 1. The smallest absolute Gasteiger partial charge is 0.231 e. The Labute approximate surface area is 110 Å². The van der Waals surface area contributed by atoms with Crippen molar-refractivity contribution in [2.45, 2.75) is 20.8 Å². The number of rotatable bonds is 5. The molecule has 0 bridgehead atoms. The summed E-state index contributed by atoms with van der Waals surface area (Å²) >= 11 is 0. The van der Waals surface area contributed by atoms with Crippen LogP contribution >= 0.6 is 0 Å². The van der Waals surface area contributed by atoms with E-state index in [4.69, 9.17) is 0 Å². The van der Waals surface area contributed by atoms with Gasteiger partial charge in [-0.3, -0.25) is 4.79 Å². The molecule has 0 spiro atoms. The molecule has 0 aliphatic heterocycles. The molecule has 0 aromatic heterocycles. The molecule has 0 fully saturated rings. The molecule has 0 saturated carbocycles. The Morgan fingerprint density at radius 3 is 2.56 bits per heavy atom. The lowest BCUT2D eigenvalue weighted by molar-refractivity contribution is -0.123. The normalized spacial score (nSPS) is 12.6. The van der Waals surface area contributed by atoms with E-state index < -0.39 is 0 Å². The van der Waals surface area contributed by atoms with E-state index in [1.54, 1.807) is 4.90 Å². The van der Waals surface area contributed by atoms with Crippen molar-refractivity contribution in [2.24, 2.45) is 11.8 Å². The molecule has 1 atom stereocenters. The minimum Gasteiger partial charge on any atom is -0.319 e. The van der Waals surface area contributed by atoms with Crippen LogP contribution in [0, 0.1) is 18.8 Å². The largest absolute Gasteiger partial charge is 0.319 e. The standard InChI is InChI=1S/C15H24N2O/c1-11(2)14(10-16-4)15(18)17(5)13-8-6-7-12(3)9-13/h6-9,11,14,16H,10H2,1-5H3. The second-order valence-corrected chi connectivity index (χ2v) is 5.14. The summed E-state index contributed by atoms with van der Waals surface area (Å²) < 4.78 is 0. The first-order valence-corrected chi connectivity index (χ1v) is 6.46. The predicted octanol–water partition coefficient (Wildman–Crippen LogP) is 2.45. The van der Waals surface area contributed by atoms with Crippen LogP contribution in [0.25, 0.3) is 0 Å². The molecular weight excluding hydrogens is 224 g/mol. The highest BCUT2D eigenvalue weighted by Gasteiger charge is 2.25. The highest BCUT2D eigenvalue weighted by Crippen LogP contribution is 2.19. The van der Waals surface area contributed by atoms with Crippen LogP contribution < -0.4 is 10.2 Å². The minimum atomic E-state index is 0.0144. The molecule has 1 N–H and O–H groups in total. The molecule has 0 aliphatic rings. The van der Waals surface area contributed by atoms with Gasteiger partial charge in [-0.25, -0.2) is 0 Å². The number of carbonyl (C=O) groups excluding carboxylic acids is 1. The van der Waals surface area contributed by atoms with E-state index in [2.05, 4.69) is 19.2 Å². The van der Waals surface area contributed by atoms with Gasteiger partial charge in [-0.15, -0.1) is 0 Å². The maximum Gasteiger partial charge on any atom is 0.231 e. The van der Waals surface area contributed by atoms with Gasteiger partial charge in [0.25, 0.3) is 0 Å². The van der Waals surface area contributed by atoms with Crippen LogP contribution in [0.2, 0.25) is 0 Å². The molecule has 1 aromatic rings. The third-order valence-corrected chi connectivity index (χ3v) is 3.27. The van der Waals surface area contributed by atoms with Crippen molar-refractivity contribution in [1.82, 2.24) is 5.32 Å². The van der Waals surface area contributed by atoms with Gasteiger partial charge in [0, 0.05) is 19.3 Å². The number of benzene rings is 1. The van der Waals surface area contributed by atoms with E-state index in [-0.39, 0.29) is 11.8 Å². The SMILES string of the molecule is CNCC(C(=O)N(C)c1cccc(C)c1)C(C)C. The molecule has 3 nitrogen and oxygen atoms in total. The summed E-state index contributed by atoms with van der Waals surface area (Å²) in [7, 11) is 3.73. The Morgan fingerprint density at radius 1 is 1.39 bits per heavy atom. The quantitative estimate of drug-likeness (QED) is 0.868. The number of hydrogen-bond donors (Lipinski definition) is 1. The van der Waals surface area contributed by atoms with Crippen LogP contribution in [0.15, 0.2) is 24.3 Å². The molecule has 0 saturated heterocycles. The fraction of sp³-hybridized carbons (Fsp3) is 0.533. The summed E-state index contributed by atoms with van der Waals surface area (Å²) in [6, 6.07) is 8.03. The molecule has 0 heterocycles.